The van der Waals surface area contributed by atoms with Gasteiger partial charge < -0.3 is 10.2 Å². The lowest BCUT2D eigenvalue weighted by Crippen LogP contribution is -2.31. The second-order valence-electron chi connectivity index (χ2n) is 5.04. The molecule has 5 nitrogen and oxygen atoms in total. The lowest BCUT2D eigenvalue weighted by atomic mass is 10.1. The minimum Gasteiger partial charge on any atom is -0.388 e. The van der Waals surface area contributed by atoms with Crippen LogP contribution in [0.1, 0.15) is 17.4 Å². The number of pyridine rings is 1. The number of anilines is 1. The number of benzene rings is 1. The van der Waals surface area contributed by atoms with Crippen LogP contribution in [0.15, 0.2) is 30.3 Å². The van der Waals surface area contributed by atoms with E-state index in [9.17, 15) is 4.79 Å². The Morgan fingerprint density at radius 1 is 1.48 bits per heavy atom. The second-order valence-corrected chi connectivity index (χ2v) is 5.04. The average molecular weight is 282 g/mol. The van der Waals surface area contributed by atoms with Crippen LogP contribution in [0.3, 0.4) is 0 Å². The van der Waals surface area contributed by atoms with E-state index in [2.05, 4.69) is 16.4 Å². The Morgan fingerprint density at radius 3 is 2.86 bits per heavy atom. The third-order valence-electron chi connectivity index (χ3n) is 3.32. The molecule has 1 amide bonds. The van der Waals surface area contributed by atoms with Gasteiger partial charge in [-0.3, -0.25) is 4.79 Å². The van der Waals surface area contributed by atoms with Crippen molar-refractivity contribution in [1.82, 2.24) is 9.88 Å². The third-order valence-corrected chi connectivity index (χ3v) is 3.32. The molecule has 0 spiro atoms. The summed E-state index contributed by atoms with van der Waals surface area (Å²) in [5.41, 5.74) is 2.02. The summed E-state index contributed by atoms with van der Waals surface area (Å²) in [6.07, 6.45) is 0. The fourth-order valence-electron chi connectivity index (χ4n) is 2.22. The fourth-order valence-corrected chi connectivity index (χ4v) is 2.22. The van der Waals surface area contributed by atoms with Gasteiger partial charge in [0.25, 0.3) is 5.91 Å². The zero-order chi connectivity index (χ0) is 15.4. The molecule has 1 aromatic heterocycles. The molecule has 108 valence electrons. The molecule has 1 aromatic carbocycles. The molecule has 0 aliphatic heterocycles. The molecular weight excluding hydrogens is 264 g/mol. The van der Waals surface area contributed by atoms with Crippen LogP contribution in [0.4, 0.5) is 5.69 Å². The van der Waals surface area contributed by atoms with Crippen molar-refractivity contribution in [3.63, 3.8) is 0 Å². The number of carbonyl (C=O) groups excluding carboxylic acids is 1. The Kier molecular flexibility index (Phi) is 4.39. The van der Waals surface area contributed by atoms with Crippen LogP contribution < -0.4 is 5.32 Å². The average Bonchev–Trinajstić information content (AvgIpc) is 2.52. The molecule has 1 unspecified atom stereocenters. The van der Waals surface area contributed by atoms with Crippen molar-refractivity contribution in [3.05, 3.63) is 36.0 Å². The smallest absolute Gasteiger partial charge is 0.272 e. The molecule has 2 aromatic rings. The summed E-state index contributed by atoms with van der Waals surface area (Å²) in [7, 11) is 3.50. The molecule has 0 saturated carbocycles. The van der Waals surface area contributed by atoms with Crippen molar-refractivity contribution in [3.8, 4) is 6.07 Å². The monoisotopic (exact) mass is 282 g/mol. The molecule has 0 aliphatic rings. The van der Waals surface area contributed by atoms with E-state index in [4.69, 9.17) is 5.26 Å². The molecule has 0 saturated heterocycles. The van der Waals surface area contributed by atoms with E-state index in [1.807, 2.05) is 31.3 Å². The van der Waals surface area contributed by atoms with Gasteiger partial charge in [0.05, 0.1) is 17.5 Å². The highest BCUT2D eigenvalue weighted by atomic mass is 16.2. The quantitative estimate of drug-likeness (QED) is 0.935. The minimum atomic E-state index is -0.205. The van der Waals surface area contributed by atoms with Crippen molar-refractivity contribution in [2.45, 2.75) is 6.92 Å². The van der Waals surface area contributed by atoms with Crippen LogP contribution in [0, 0.1) is 17.2 Å². The van der Waals surface area contributed by atoms with Gasteiger partial charge in [-0.05, 0) is 19.1 Å². The normalized spacial score (nSPS) is 11.7. The van der Waals surface area contributed by atoms with Gasteiger partial charge in [-0.2, -0.15) is 5.26 Å². The minimum absolute atomic E-state index is 0.181. The Balaban J connectivity index is 2.38. The first kappa shape index (κ1) is 14.8. The van der Waals surface area contributed by atoms with Crippen molar-refractivity contribution < 1.29 is 4.79 Å². The highest BCUT2D eigenvalue weighted by Crippen LogP contribution is 2.23. The SMILES string of the molecule is CNc1cc(C(=O)N(C)CC(C)C#N)nc2ccccc12. The number of nitrogens with zero attached hydrogens (tertiary/aromatic N) is 3. The van der Waals surface area contributed by atoms with Crippen LogP contribution in [0.5, 0.6) is 0 Å². The lowest BCUT2D eigenvalue weighted by Gasteiger charge is -2.18. The first-order chi connectivity index (χ1) is 10.1. The maximum atomic E-state index is 12.4. The first-order valence-electron chi connectivity index (χ1n) is 6.79. The molecule has 21 heavy (non-hydrogen) atoms. The van der Waals surface area contributed by atoms with Crippen molar-refractivity contribution in [2.75, 3.05) is 26.0 Å². The van der Waals surface area contributed by atoms with Gasteiger partial charge in [-0.15, -0.1) is 0 Å². The summed E-state index contributed by atoms with van der Waals surface area (Å²) in [6.45, 7) is 2.18. The lowest BCUT2D eigenvalue weighted by molar-refractivity contribution is 0.0780. The third kappa shape index (κ3) is 3.11. The summed E-state index contributed by atoms with van der Waals surface area (Å²) in [5.74, 6) is -0.387. The zero-order valence-corrected chi connectivity index (χ0v) is 12.4. The molecule has 0 radical (unpaired) electrons. The molecule has 1 heterocycles. The van der Waals surface area contributed by atoms with Gasteiger partial charge in [-0.1, -0.05) is 18.2 Å². The van der Waals surface area contributed by atoms with E-state index in [1.165, 1.54) is 4.90 Å². The molecule has 1 atom stereocenters. The summed E-state index contributed by atoms with van der Waals surface area (Å²) in [5, 5.41) is 12.9. The summed E-state index contributed by atoms with van der Waals surface area (Å²) in [6, 6.07) is 11.5. The topological polar surface area (TPSA) is 69.0 Å². The van der Waals surface area contributed by atoms with Crippen LogP contribution in [0.25, 0.3) is 10.9 Å². The number of carbonyl (C=O) groups is 1. The van der Waals surface area contributed by atoms with Crippen molar-refractivity contribution in [1.29, 1.82) is 5.26 Å². The summed E-state index contributed by atoms with van der Waals surface area (Å²) < 4.78 is 0. The highest BCUT2D eigenvalue weighted by Gasteiger charge is 2.17. The second kappa shape index (κ2) is 6.23. The van der Waals surface area contributed by atoms with Crippen molar-refractivity contribution in [2.24, 2.45) is 5.92 Å². The van der Waals surface area contributed by atoms with Gasteiger partial charge in [-0.25, -0.2) is 4.98 Å². The van der Waals surface area contributed by atoms with E-state index in [-0.39, 0.29) is 11.8 Å². The highest BCUT2D eigenvalue weighted by molar-refractivity contribution is 5.99. The maximum absolute atomic E-state index is 12.4. The van der Waals surface area contributed by atoms with E-state index in [0.717, 1.165) is 16.6 Å². The Hall–Kier alpha value is -2.61. The molecule has 2 rings (SSSR count). The van der Waals surface area contributed by atoms with Crippen LogP contribution in [-0.4, -0.2) is 36.4 Å². The summed E-state index contributed by atoms with van der Waals surface area (Å²) >= 11 is 0. The number of hydrogen-bond acceptors (Lipinski definition) is 4. The number of nitrogens with one attached hydrogen (secondary N) is 1. The number of fused-ring (bicyclic) bond motifs is 1. The van der Waals surface area contributed by atoms with E-state index in [0.29, 0.717) is 12.2 Å². The zero-order valence-electron chi connectivity index (χ0n) is 12.4. The van der Waals surface area contributed by atoms with E-state index < -0.39 is 0 Å². The first-order valence-corrected chi connectivity index (χ1v) is 6.79. The van der Waals surface area contributed by atoms with Gasteiger partial charge in [0.2, 0.25) is 0 Å². The molecule has 1 N–H and O–H groups in total. The largest absolute Gasteiger partial charge is 0.388 e. The molecule has 0 aliphatic carbocycles. The predicted molar refractivity (Wildman–Crippen MR) is 83.0 cm³/mol. The molecule has 0 fully saturated rings. The number of hydrogen-bond donors (Lipinski definition) is 1. The summed E-state index contributed by atoms with van der Waals surface area (Å²) in [4.78, 5) is 18.4. The van der Waals surface area contributed by atoms with E-state index in [1.54, 1.807) is 20.0 Å². The fraction of sp³-hybridized carbons (Fsp3) is 0.312. The standard InChI is InChI=1S/C16H18N4O/c1-11(9-17)10-20(3)16(21)15-8-14(18-2)12-6-4-5-7-13(12)19-15/h4-8,11H,10H2,1-3H3,(H,18,19). The number of aromatic nitrogens is 1. The Morgan fingerprint density at radius 2 is 2.19 bits per heavy atom. The van der Waals surface area contributed by atoms with E-state index >= 15 is 0 Å². The number of nitriles is 1. The van der Waals surface area contributed by atoms with Crippen LogP contribution in [-0.2, 0) is 0 Å². The predicted octanol–water partition coefficient (Wildman–Crippen LogP) is 2.51. The maximum Gasteiger partial charge on any atom is 0.272 e. The Bertz CT molecular complexity index is 705. The molecular formula is C16H18N4O. The van der Waals surface area contributed by atoms with Gasteiger partial charge >= 0.3 is 0 Å². The van der Waals surface area contributed by atoms with Gasteiger partial charge in [0, 0.05) is 31.7 Å². The van der Waals surface area contributed by atoms with Crippen LogP contribution in [0.2, 0.25) is 0 Å². The van der Waals surface area contributed by atoms with Crippen LogP contribution >= 0.6 is 0 Å². The Labute approximate surface area is 124 Å². The molecule has 5 heteroatoms. The number of amides is 1. The van der Waals surface area contributed by atoms with Crippen molar-refractivity contribution >= 4 is 22.5 Å². The van der Waals surface area contributed by atoms with Gasteiger partial charge in [0.15, 0.2) is 0 Å². The number of rotatable bonds is 4. The van der Waals surface area contributed by atoms with Gasteiger partial charge in [0.1, 0.15) is 5.69 Å². The molecule has 0 bridgehead atoms. The number of para-hydroxylation sites is 1.